The molecule has 5 atom stereocenters. The molecular weight excluding hydrogens is 176 g/mol. The van der Waals surface area contributed by atoms with Crippen LogP contribution in [0, 0.1) is 11.8 Å². The Bertz CT molecular complexity index is 212. The third kappa shape index (κ3) is 2.37. The van der Waals surface area contributed by atoms with Gasteiger partial charge in [0.05, 0.1) is 18.3 Å². The Hall–Kier alpha value is -0.340. The highest BCUT2D eigenvalue weighted by atomic mass is 16.5. The van der Waals surface area contributed by atoms with E-state index in [2.05, 4.69) is 20.4 Å². The van der Waals surface area contributed by atoms with E-state index in [1.165, 1.54) is 0 Å². The first kappa shape index (κ1) is 11.7. The van der Waals surface area contributed by atoms with E-state index >= 15 is 0 Å². The molecular formula is C12H22O2. The molecule has 0 aromatic rings. The van der Waals surface area contributed by atoms with Crippen LogP contribution in [0.2, 0.25) is 0 Å². The molecule has 0 aromatic heterocycles. The number of hydrogen-bond donors (Lipinski definition) is 1. The van der Waals surface area contributed by atoms with Gasteiger partial charge in [0.2, 0.25) is 0 Å². The van der Waals surface area contributed by atoms with Gasteiger partial charge in [-0.1, -0.05) is 12.5 Å². The van der Waals surface area contributed by atoms with Crippen molar-refractivity contribution >= 4 is 0 Å². The Morgan fingerprint density at radius 3 is 2.29 bits per heavy atom. The van der Waals surface area contributed by atoms with Gasteiger partial charge in [-0.25, -0.2) is 0 Å². The zero-order valence-electron chi connectivity index (χ0n) is 9.66. The second-order valence-corrected chi connectivity index (χ2v) is 4.71. The largest absolute Gasteiger partial charge is 0.392 e. The molecule has 1 fully saturated rings. The predicted molar refractivity (Wildman–Crippen MR) is 58.1 cm³/mol. The van der Waals surface area contributed by atoms with Crippen molar-refractivity contribution in [1.82, 2.24) is 0 Å². The molecule has 1 heterocycles. The van der Waals surface area contributed by atoms with Crippen molar-refractivity contribution in [2.75, 3.05) is 0 Å². The van der Waals surface area contributed by atoms with E-state index in [1.807, 2.05) is 13.8 Å². The molecule has 1 aliphatic rings. The van der Waals surface area contributed by atoms with Crippen LogP contribution in [0.25, 0.3) is 0 Å². The second-order valence-electron chi connectivity index (χ2n) is 4.71. The molecule has 0 radical (unpaired) electrons. The van der Waals surface area contributed by atoms with Gasteiger partial charge >= 0.3 is 0 Å². The van der Waals surface area contributed by atoms with Crippen molar-refractivity contribution in [3.8, 4) is 0 Å². The van der Waals surface area contributed by atoms with Gasteiger partial charge in [-0.2, -0.15) is 0 Å². The standard InChI is InChI=1S/C12H22O2/c1-7(2)6-11(13)12-8(3)9(4)14-10(12)5/h8-13H,1,6H2,2-5H3. The number of aliphatic hydroxyl groups excluding tert-OH is 1. The SMILES string of the molecule is C=C(C)CC(O)C1C(C)OC(C)C1C. The topological polar surface area (TPSA) is 29.5 Å². The molecule has 0 aromatic carbocycles. The summed E-state index contributed by atoms with van der Waals surface area (Å²) < 4.78 is 5.70. The number of hydrogen-bond acceptors (Lipinski definition) is 2. The molecule has 1 saturated heterocycles. The number of aliphatic hydroxyl groups is 1. The van der Waals surface area contributed by atoms with Gasteiger partial charge in [-0.05, 0) is 33.1 Å². The summed E-state index contributed by atoms with van der Waals surface area (Å²) in [5.41, 5.74) is 1.04. The van der Waals surface area contributed by atoms with E-state index in [-0.39, 0.29) is 24.2 Å². The molecule has 0 amide bonds. The lowest BCUT2D eigenvalue weighted by atomic mass is 9.83. The lowest BCUT2D eigenvalue weighted by molar-refractivity contribution is 0.0240. The average molecular weight is 198 g/mol. The maximum Gasteiger partial charge on any atom is 0.0633 e. The highest BCUT2D eigenvalue weighted by molar-refractivity contribution is 4.96. The zero-order chi connectivity index (χ0) is 10.9. The molecule has 0 saturated carbocycles. The molecule has 1 aliphatic heterocycles. The maximum absolute atomic E-state index is 10.0. The molecule has 0 aliphatic carbocycles. The van der Waals surface area contributed by atoms with Crippen molar-refractivity contribution < 1.29 is 9.84 Å². The summed E-state index contributed by atoms with van der Waals surface area (Å²) in [5, 5.41) is 10.0. The van der Waals surface area contributed by atoms with Crippen LogP contribution in [0.3, 0.4) is 0 Å². The van der Waals surface area contributed by atoms with Crippen LogP contribution in [0.4, 0.5) is 0 Å². The first-order valence-electron chi connectivity index (χ1n) is 5.41. The van der Waals surface area contributed by atoms with Crippen molar-refractivity contribution in [2.24, 2.45) is 11.8 Å². The van der Waals surface area contributed by atoms with Crippen molar-refractivity contribution in [2.45, 2.75) is 52.4 Å². The molecule has 1 N–H and O–H groups in total. The maximum atomic E-state index is 10.0. The van der Waals surface area contributed by atoms with E-state index in [9.17, 15) is 5.11 Å². The molecule has 5 unspecified atom stereocenters. The van der Waals surface area contributed by atoms with Crippen LogP contribution >= 0.6 is 0 Å². The average Bonchev–Trinajstić information content (AvgIpc) is 2.25. The Labute approximate surface area is 87.0 Å². The van der Waals surface area contributed by atoms with Crippen molar-refractivity contribution in [3.05, 3.63) is 12.2 Å². The first-order valence-corrected chi connectivity index (χ1v) is 5.41. The summed E-state index contributed by atoms with van der Waals surface area (Å²) in [5.74, 6) is 0.682. The molecule has 82 valence electrons. The van der Waals surface area contributed by atoms with Crippen LogP contribution in [0.5, 0.6) is 0 Å². The van der Waals surface area contributed by atoms with Crippen LogP contribution < -0.4 is 0 Å². The summed E-state index contributed by atoms with van der Waals surface area (Å²) in [6.45, 7) is 12.1. The Morgan fingerprint density at radius 1 is 1.36 bits per heavy atom. The van der Waals surface area contributed by atoms with Gasteiger partial charge < -0.3 is 9.84 Å². The van der Waals surface area contributed by atoms with Crippen molar-refractivity contribution in [1.29, 1.82) is 0 Å². The van der Waals surface area contributed by atoms with Crippen LogP contribution in [0.1, 0.15) is 34.1 Å². The first-order chi connectivity index (χ1) is 6.43. The summed E-state index contributed by atoms with van der Waals surface area (Å²) >= 11 is 0. The fraction of sp³-hybridized carbons (Fsp3) is 0.833. The highest BCUT2D eigenvalue weighted by Crippen LogP contribution is 2.35. The van der Waals surface area contributed by atoms with Crippen LogP contribution in [-0.4, -0.2) is 23.4 Å². The van der Waals surface area contributed by atoms with Gasteiger partial charge in [0, 0.05) is 5.92 Å². The second kappa shape index (κ2) is 4.45. The van der Waals surface area contributed by atoms with Crippen molar-refractivity contribution in [3.63, 3.8) is 0 Å². The molecule has 14 heavy (non-hydrogen) atoms. The Kier molecular flexibility index (Phi) is 3.73. The highest BCUT2D eigenvalue weighted by Gasteiger charge is 2.40. The molecule has 0 bridgehead atoms. The fourth-order valence-corrected chi connectivity index (χ4v) is 2.45. The summed E-state index contributed by atoms with van der Waals surface area (Å²) in [6, 6.07) is 0. The molecule has 2 nitrogen and oxygen atoms in total. The predicted octanol–water partition coefficient (Wildman–Crippen LogP) is 2.37. The molecule has 1 rings (SSSR count). The van der Waals surface area contributed by atoms with E-state index < -0.39 is 0 Å². The Balaban J connectivity index is 2.62. The van der Waals surface area contributed by atoms with Crippen LogP contribution in [0.15, 0.2) is 12.2 Å². The number of ether oxygens (including phenoxy) is 1. The molecule has 0 spiro atoms. The minimum atomic E-state index is -0.303. The van der Waals surface area contributed by atoms with E-state index in [0.717, 1.165) is 5.57 Å². The lowest BCUT2D eigenvalue weighted by Gasteiger charge is -2.24. The van der Waals surface area contributed by atoms with E-state index in [1.54, 1.807) is 0 Å². The Morgan fingerprint density at radius 2 is 1.93 bits per heavy atom. The minimum Gasteiger partial charge on any atom is -0.392 e. The fourth-order valence-electron chi connectivity index (χ4n) is 2.45. The quantitative estimate of drug-likeness (QED) is 0.705. The van der Waals surface area contributed by atoms with E-state index in [4.69, 9.17) is 4.74 Å². The number of rotatable bonds is 3. The summed E-state index contributed by atoms with van der Waals surface area (Å²) in [7, 11) is 0. The minimum absolute atomic E-state index is 0.161. The summed E-state index contributed by atoms with van der Waals surface area (Å²) in [6.07, 6.45) is 0.807. The van der Waals surface area contributed by atoms with Gasteiger partial charge in [0.25, 0.3) is 0 Å². The van der Waals surface area contributed by atoms with Gasteiger partial charge in [0.1, 0.15) is 0 Å². The normalized spacial score (nSPS) is 39.8. The summed E-state index contributed by atoms with van der Waals surface area (Å²) in [4.78, 5) is 0. The lowest BCUT2D eigenvalue weighted by Crippen LogP contribution is -2.30. The third-order valence-corrected chi connectivity index (χ3v) is 3.32. The van der Waals surface area contributed by atoms with Gasteiger partial charge in [-0.3, -0.25) is 0 Å². The monoisotopic (exact) mass is 198 g/mol. The smallest absolute Gasteiger partial charge is 0.0633 e. The zero-order valence-corrected chi connectivity index (χ0v) is 9.66. The third-order valence-electron chi connectivity index (χ3n) is 3.32. The van der Waals surface area contributed by atoms with Gasteiger partial charge in [-0.15, -0.1) is 6.58 Å². The van der Waals surface area contributed by atoms with E-state index in [0.29, 0.717) is 12.3 Å². The molecule has 2 heteroatoms. The van der Waals surface area contributed by atoms with Gasteiger partial charge in [0.15, 0.2) is 0 Å². The van der Waals surface area contributed by atoms with Crippen LogP contribution in [-0.2, 0) is 4.74 Å².